The Labute approximate surface area is 91.0 Å². The maximum Gasteiger partial charge on any atom is 0.118 e. The van der Waals surface area contributed by atoms with E-state index >= 15 is 0 Å². The zero-order valence-electron chi connectivity index (χ0n) is 8.63. The molecule has 0 aliphatic carbocycles. The van der Waals surface area contributed by atoms with Crippen LogP contribution in [0.15, 0.2) is 24.3 Å². The van der Waals surface area contributed by atoms with Gasteiger partial charge in [0.2, 0.25) is 0 Å². The number of ether oxygens (including phenoxy) is 1. The first-order chi connectivity index (χ1) is 6.86. The second kappa shape index (κ2) is 6.72. The van der Waals surface area contributed by atoms with E-state index in [0.717, 1.165) is 24.5 Å². The van der Waals surface area contributed by atoms with Gasteiger partial charge < -0.3 is 4.74 Å². The molecule has 0 fully saturated rings. The number of hydrogen-bond donors (Lipinski definition) is 0. The van der Waals surface area contributed by atoms with E-state index in [1.165, 1.54) is 18.4 Å². The Morgan fingerprint density at radius 1 is 1.07 bits per heavy atom. The molecule has 14 heavy (non-hydrogen) atoms. The van der Waals surface area contributed by atoms with Gasteiger partial charge in [0.15, 0.2) is 0 Å². The molecule has 0 aromatic heterocycles. The molecule has 2 heteroatoms. The van der Waals surface area contributed by atoms with Crippen molar-refractivity contribution in [3.05, 3.63) is 29.8 Å². The van der Waals surface area contributed by atoms with Crippen molar-refractivity contribution in [2.24, 2.45) is 0 Å². The molecule has 0 unspecified atom stereocenters. The van der Waals surface area contributed by atoms with Gasteiger partial charge in [-0.1, -0.05) is 18.6 Å². The summed E-state index contributed by atoms with van der Waals surface area (Å²) in [7, 11) is 1.69. The average Bonchev–Trinajstić information content (AvgIpc) is 2.25. The third kappa shape index (κ3) is 4.01. The Hall–Kier alpha value is -0.690. The minimum absolute atomic E-state index is 0.780. The standard InChI is InChI=1S/C12H17ClO/c1-14-12-8-6-11(7-9-12)5-3-2-4-10-13/h6-9H,2-5,10H2,1H3. The summed E-state index contributed by atoms with van der Waals surface area (Å²) < 4.78 is 5.09. The summed E-state index contributed by atoms with van der Waals surface area (Å²) in [6, 6.07) is 8.27. The van der Waals surface area contributed by atoms with Gasteiger partial charge in [-0.15, -0.1) is 11.6 Å². The molecule has 0 aliphatic heterocycles. The van der Waals surface area contributed by atoms with Gasteiger partial charge in [-0.3, -0.25) is 0 Å². The fraction of sp³-hybridized carbons (Fsp3) is 0.500. The van der Waals surface area contributed by atoms with Crippen molar-refractivity contribution in [3.8, 4) is 5.75 Å². The number of rotatable bonds is 6. The Morgan fingerprint density at radius 3 is 2.36 bits per heavy atom. The van der Waals surface area contributed by atoms with Gasteiger partial charge in [-0.05, 0) is 37.0 Å². The summed E-state index contributed by atoms with van der Waals surface area (Å²) in [6.45, 7) is 0. The lowest BCUT2D eigenvalue weighted by Gasteiger charge is -2.02. The lowest BCUT2D eigenvalue weighted by Crippen LogP contribution is -1.87. The van der Waals surface area contributed by atoms with Crippen LogP contribution in [0.2, 0.25) is 0 Å². The first-order valence-electron chi connectivity index (χ1n) is 5.05. The van der Waals surface area contributed by atoms with Crippen LogP contribution in [0.1, 0.15) is 24.8 Å². The van der Waals surface area contributed by atoms with Gasteiger partial charge in [-0.25, -0.2) is 0 Å². The molecular weight excluding hydrogens is 196 g/mol. The van der Waals surface area contributed by atoms with Crippen LogP contribution in [0, 0.1) is 0 Å². The molecule has 0 bridgehead atoms. The number of halogens is 1. The summed E-state index contributed by atoms with van der Waals surface area (Å²) in [5.41, 5.74) is 1.38. The van der Waals surface area contributed by atoms with Crippen LogP contribution in [0.4, 0.5) is 0 Å². The van der Waals surface area contributed by atoms with Crippen molar-refractivity contribution in [1.82, 2.24) is 0 Å². The van der Waals surface area contributed by atoms with Crippen LogP contribution >= 0.6 is 11.6 Å². The van der Waals surface area contributed by atoms with Crippen LogP contribution < -0.4 is 4.74 Å². The predicted octanol–water partition coefficient (Wildman–Crippen LogP) is 3.65. The first-order valence-corrected chi connectivity index (χ1v) is 5.59. The third-order valence-corrected chi connectivity index (χ3v) is 2.53. The van der Waals surface area contributed by atoms with Crippen molar-refractivity contribution in [3.63, 3.8) is 0 Å². The van der Waals surface area contributed by atoms with Gasteiger partial charge in [0.05, 0.1) is 7.11 Å². The minimum atomic E-state index is 0.780. The molecule has 1 aromatic carbocycles. The zero-order chi connectivity index (χ0) is 10.2. The molecule has 0 aliphatic rings. The van der Waals surface area contributed by atoms with Gasteiger partial charge in [-0.2, -0.15) is 0 Å². The summed E-state index contributed by atoms with van der Waals surface area (Å²) >= 11 is 5.61. The highest BCUT2D eigenvalue weighted by molar-refractivity contribution is 6.17. The molecule has 78 valence electrons. The van der Waals surface area contributed by atoms with Crippen molar-refractivity contribution in [2.75, 3.05) is 13.0 Å². The van der Waals surface area contributed by atoms with E-state index in [2.05, 4.69) is 12.1 Å². The molecule has 1 rings (SSSR count). The van der Waals surface area contributed by atoms with Gasteiger partial charge in [0, 0.05) is 5.88 Å². The van der Waals surface area contributed by atoms with E-state index < -0.39 is 0 Å². The van der Waals surface area contributed by atoms with Gasteiger partial charge in [0.25, 0.3) is 0 Å². The number of hydrogen-bond acceptors (Lipinski definition) is 1. The third-order valence-electron chi connectivity index (χ3n) is 2.26. The van der Waals surface area contributed by atoms with E-state index in [1.54, 1.807) is 7.11 Å². The number of benzene rings is 1. The quantitative estimate of drug-likeness (QED) is 0.517. The Bertz CT molecular complexity index is 243. The van der Waals surface area contributed by atoms with E-state index in [1.807, 2.05) is 12.1 Å². The van der Waals surface area contributed by atoms with Gasteiger partial charge in [0.1, 0.15) is 5.75 Å². The molecule has 0 amide bonds. The Kier molecular flexibility index (Phi) is 5.46. The molecule has 0 N–H and O–H groups in total. The minimum Gasteiger partial charge on any atom is -0.497 e. The highest BCUT2D eigenvalue weighted by Crippen LogP contribution is 2.13. The topological polar surface area (TPSA) is 9.23 Å². The summed E-state index contributed by atoms with van der Waals surface area (Å²) in [5.74, 6) is 1.71. The molecule has 0 radical (unpaired) electrons. The largest absolute Gasteiger partial charge is 0.497 e. The monoisotopic (exact) mass is 212 g/mol. The smallest absolute Gasteiger partial charge is 0.118 e. The van der Waals surface area contributed by atoms with Crippen LogP contribution in [0.3, 0.4) is 0 Å². The summed E-state index contributed by atoms with van der Waals surface area (Å²) in [4.78, 5) is 0. The molecule has 0 heterocycles. The Morgan fingerprint density at radius 2 is 1.79 bits per heavy atom. The van der Waals surface area contributed by atoms with Crippen molar-refractivity contribution in [1.29, 1.82) is 0 Å². The average molecular weight is 213 g/mol. The number of unbranched alkanes of at least 4 members (excludes halogenated alkanes) is 2. The SMILES string of the molecule is COc1ccc(CCCCCCl)cc1. The maximum absolute atomic E-state index is 5.61. The molecule has 0 saturated carbocycles. The van der Waals surface area contributed by atoms with Crippen molar-refractivity contribution in [2.45, 2.75) is 25.7 Å². The second-order valence-corrected chi connectivity index (χ2v) is 3.73. The molecular formula is C12H17ClO. The molecule has 0 spiro atoms. The molecule has 0 atom stereocenters. The fourth-order valence-electron chi connectivity index (χ4n) is 1.39. The van der Waals surface area contributed by atoms with Crippen LogP contribution in [0.5, 0.6) is 5.75 Å². The second-order valence-electron chi connectivity index (χ2n) is 3.35. The van der Waals surface area contributed by atoms with E-state index in [-0.39, 0.29) is 0 Å². The van der Waals surface area contributed by atoms with E-state index in [9.17, 15) is 0 Å². The predicted molar refractivity (Wildman–Crippen MR) is 61.3 cm³/mol. The summed E-state index contributed by atoms with van der Waals surface area (Å²) in [5, 5.41) is 0. The van der Waals surface area contributed by atoms with Crippen molar-refractivity contribution >= 4 is 11.6 Å². The van der Waals surface area contributed by atoms with Gasteiger partial charge >= 0.3 is 0 Å². The molecule has 0 saturated heterocycles. The van der Waals surface area contributed by atoms with E-state index in [4.69, 9.17) is 16.3 Å². The highest BCUT2D eigenvalue weighted by atomic mass is 35.5. The van der Waals surface area contributed by atoms with Crippen LogP contribution in [0.25, 0.3) is 0 Å². The number of alkyl halides is 1. The lowest BCUT2D eigenvalue weighted by atomic mass is 10.1. The number of methoxy groups -OCH3 is 1. The van der Waals surface area contributed by atoms with Crippen molar-refractivity contribution < 1.29 is 4.74 Å². The van der Waals surface area contributed by atoms with Crippen LogP contribution in [-0.4, -0.2) is 13.0 Å². The normalized spacial score (nSPS) is 10.1. The zero-order valence-corrected chi connectivity index (χ0v) is 9.39. The summed E-state index contributed by atoms with van der Waals surface area (Å²) in [6.07, 6.45) is 4.70. The maximum atomic E-state index is 5.61. The highest BCUT2D eigenvalue weighted by Gasteiger charge is 1.94. The number of aryl methyl sites for hydroxylation is 1. The Balaban J connectivity index is 2.29. The molecule has 1 nitrogen and oxygen atoms in total. The van der Waals surface area contributed by atoms with E-state index in [0.29, 0.717) is 0 Å². The lowest BCUT2D eigenvalue weighted by molar-refractivity contribution is 0.414. The van der Waals surface area contributed by atoms with Crippen LogP contribution in [-0.2, 0) is 6.42 Å². The fourth-order valence-corrected chi connectivity index (χ4v) is 1.58. The first kappa shape index (κ1) is 11.4. The molecule has 1 aromatic rings.